The molecule has 0 aromatic rings. The number of aliphatic imine (C=N–C) groups is 2. The van der Waals surface area contributed by atoms with E-state index in [2.05, 4.69) is 14.9 Å². The van der Waals surface area contributed by atoms with E-state index in [1.54, 1.807) is 17.2 Å². The lowest BCUT2D eigenvalue weighted by Crippen LogP contribution is -2.47. The van der Waals surface area contributed by atoms with Crippen LogP contribution < -0.4 is 0 Å². The molecule has 1 atom stereocenters. The number of fused-ring (bicyclic) bond motifs is 1. The van der Waals surface area contributed by atoms with Crippen molar-refractivity contribution in [3.63, 3.8) is 0 Å². The van der Waals surface area contributed by atoms with Crippen molar-refractivity contribution in [2.24, 2.45) is 15.9 Å². The van der Waals surface area contributed by atoms with E-state index in [0.717, 1.165) is 13.0 Å². The van der Waals surface area contributed by atoms with Gasteiger partial charge in [0.15, 0.2) is 0 Å². The van der Waals surface area contributed by atoms with E-state index in [4.69, 9.17) is 12.2 Å². The zero-order chi connectivity index (χ0) is 14.7. The van der Waals surface area contributed by atoms with Gasteiger partial charge in [-0.25, -0.2) is 9.98 Å². The molecule has 112 valence electrons. The van der Waals surface area contributed by atoms with Crippen LogP contribution in [0.3, 0.4) is 0 Å². The minimum Gasteiger partial charge on any atom is -0.303 e. The van der Waals surface area contributed by atoms with Gasteiger partial charge < -0.3 is 4.90 Å². The summed E-state index contributed by atoms with van der Waals surface area (Å²) in [6.45, 7) is 4.04. The fraction of sp³-hybridized carbons (Fsp3) is 0.600. The van der Waals surface area contributed by atoms with Crippen molar-refractivity contribution in [1.29, 1.82) is 0 Å². The molecule has 0 saturated carbocycles. The third-order valence-corrected chi connectivity index (χ3v) is 4.46. The molecule has 3 aliphatic rings. The van der Waals surface area contributed by atoms with E-state index in [-0.39, 0.29) is 11.8 Å². The average molecular weight is 304 g/mol. The van der Waals surface area contributed by atoms with Crippen LogP contribution in [0.25, 0.3) is 0 Å². The third-order valence-electron chi connectivity index (χ3n) is 4.15. The number of piperidine rings is 1. The Balaban J connectivity index is 1.56. The zero-order valence-corrected chi connectivity index (χ0v) is 12.9. The van der Waals surface area contributed by atoms with Crippen LogP contribution in [0.15, 0.2) is 22.1 Å². The van der Waals surface area contributed by atoms with Gasteiger partial charge in [-0.15, -0.1) is 0 Å². The van der Waals surface area contributed by atoms with Crippen LogP contribution in [0.2, 0.25) is 0 Å². The van der Waals surface area contributed by atoms with Crippen molar-refractivity contribution >= 4 is 35.3 Å². The summed E-state index contributed by atoms with van der Waals surface area (Å²) < 4.78 is 0. The number of nitrogens with zero attached hydrogens (tertiary/aromatic N) is 4. The number of amides is 1. The summed E-state index contributed by atoms with van der Waals surface area (Å²) in [7, 11) is 0. The van der Waals surface area contributed by atoms with Gasteiger partial charge in [0.1, 0.15) is 11.8 Å². The smallest absolute Gasteiger partial charge is 0.243 e. The average Bonchev–Trinajstić information content (AvgIpc) is 2.51. The molecule has 1 saturated heterocycles. The van der Waals surface area contributed by atoms with Crippen LogP contribution in [0, 0.1) is 5.92 Å². The summed E-state index contributed by atoms with van der Waals surface area (Å²) >= 11 is 5.25. The SMILES string of the molecule is O=C1C2C=CC=NC2=NC(=S)N1CCCN1CCCCC1. The van der Waals surface area contributed by atoms with Gasteiger partial charge >= 0.3 is 0 Å². The molecule has 3 rings (SSSR count). The molecule has 21 heavy (non-hydrogen) atoms. The quantitative estimate of drug-likeness (QED) is 0.742. The number of thiocarbonyl (C=S) groups is 1. The molecule has 0 aromatic carbocycles. The highest BCUT2D eigenvalue weighted by Gasteiger charge is 2.34. The Labute approximate surface area is 130 Å². The first-order valence-corrected chi connectivity index (χ1v) is 8.03. The topological polar surface area (TPSA) is 48.3 Å². The summed E-state index contributed by atoms with van der Waals surface area (Å²) in [5.74, 6) is 0.188. The van der Waals surface area contributed by atoms with Gasteiger partial charge in [-0.2, -0.15) is 0 Å². The van der Waals surface area contributed by atoms with Crippen molar-refractivity contribution in [1.82, 2.24) is 9.80 Å². The lowest BCUT2D eigenvalue weighted by Gasteiger charge is -2.31. The van der Waals surface area contributed by atoms with Crippen LogP contribution >= 0.6 is 12.2 Å². The molecule has 1 unspecified atom stereocenters. The highest BCUT2D eigenvalue weighted by Crippen LogP contribution is 2.19. The van der Waals surface area contributed by atoms with E-state index in [9.17, 15) is 4.79 Å². The Kier molecular flexibility index (Phi) is 4.55. The van der Waals surface area contributed by atoms with Crippen molar-refractivity contribution in [3.05, 3.63) is 12.2 Å². The van der Waals surface area contributed by atoms with Crippen LogP contribution in [-0.4, -0.2) is 59.0 Å². The minimum absolute atomic E-state index is 0.0109. The fourth-order valence-corrected chi connectivity index (χ4v) is 3.27. The molecule has 3 heterocycles. The Morgan fingerprint density at radius 3 is 2.86 bits per heavy atom. The van der Waals surface area contributed by atoms with Crippen LogP contribution in [0.4, 0.5) is 0 Å². The summed E-state index contributed by atoms with van der Waals surface area (Å²) in [5, 5.41) is 0.359. The van der Waals surface area contributed by atoms with Gasteiger partial charge in [0, 0.05) is 12.8 Å². The van der Waals surface area contributed by atoms with E-state index in [0.29, 0.717) is 17.5 Å². The number of allylic oxidation sites excluding steroid dienone is 1. The van der Waals surface area contributed by atoms with Gasteiger partial charge in [0.2, 0.25) is 11.0 Å². The van der Waals surface area contributed by atoms with Crippen molar-refractivity contribution < 1.29 is 4.79 Å². The number of amidine groups is 1. The van der Waals surface area contributed by atoms with Gasteiger partial charge in [-0.05, 0) is 57.2 Å². The maximum atomic E-state index is 12.5. The maximum absolute atomic E-state index is 12.5. The number of dihydropyridines is 1. The first kappa shape index (κ1) is 14.5. The first-order chi connectivity index (χ1) is 10.3. The van der Waals surface area contributed by atoms with E-state index < -0.39 is 0 Å². The molecule has 0 N–H and O–H groups in total. The van der Waals surface area contributed by atoms with Crippen molar-refractivity contribution in [2.45, 2.75) is 25.7 Å². The van der Waals surface area contributed by atoms with E-state index in [1.165, 1.54) is 32.4 Å². The lowest BCUT2D eigenvalue weighted by molar-refractivity contribution is -0.128. The second kappa shape index (κ2) is 6.58. The Morgan fingerprint density at radius 2 is 2.05 bits per heavy atom. The molecular formula is C15H20N4OS. The molecule has 3 aliphatic heterocycles. The number of hydrogen-bond acceptors (Lipinski definition) is 4. The largest absolute Gasteiger partial charge is 0.303 e. The van der Waals surface area contributed by atoms with Crippen LogP contribution in [0.5, 0.6) is 0 Å². The predicted octanol–water partition coefficient (Wildman–Crippen LogP) is 1.64. The number of carbonyl (C=O) groups excluding carboxylic acids is 1. The number of carbonyl (C=O) groups is 1. The lowest BCUT2D eigenvalue weighted by atomic mass is 10.0. The molecule has 0 spiro atoms. The van der Waals surface area contributed by atoms with Crippen LogP contribution in [0.1, 0.15) is 25.7 Å². The second-order valence-corrected chi connectivity index (χ2v) is 6.00. The van der Waals surface area contributed by atoms with E-state index >= 15 is 0 Å². The van der Waals surface area contributed by atoms with Gasteiger partial charge in [0.05, 0.1) is 0 Å². The summed E-state index contributed by atoms with van der Waals surface area (Å²) in [5.41, 5.74) is 0. The van der Waals surface area contributed by atoms with Crippen molar-refractivity contribution in [3.8, 4) is 0 Å². The first-order valence-electron chi connectivity index (χ1n) is 7.63. The molecule has 0 aromatic heterocycles. The highest BCUT2D eigenvalue weighted by molar-refractivity contribution is 7.80. The Hall–Kier alpha value is -1.40. The van der Waals surface area contributed by atoms with Gasteiger partial charge in [-0.3, -0.25) is 9.69 Å². The predicted molar refractivity (Wildman–Crippen MR) is 87.8 cm³/mol. The molecule has 5 nitrogen and oxygen atoms in total. The summed E-state index contributed by atoms with van der Waals surface area (Å²) in [4.78, 5) is 25.0. The van der Waals surface area contributed by atoms with Crippen LogP contribution in [-0.2, 0) is 4.79 Å². The molecule has 0 aliphatic carbocycles. The fourth-order valence-electron chi connectivity index (χ4n) is 3.00. The molecular weight excluding hydrogens is 284 g/mol. The zero-order valence-electron chi connectivity index (χ0n) is 12.1. The number of likely N-dealkylation sites (tertiary alicyclic amines) is 1. The number of rotatable bonds is 4. The third kappa shape index (κ3) is 3.27. The standard InChI is InChI=1S/C15H20N4OS/c20-14-12-6-4-7-16-13(12)17-15(21)19(14)11-5-10-18-8-2-1-3-9-18/h4,6-7,12H,1-3,5,8-11H2. The normalized spacial score (nSPS) is 26.0. The van der Waals surface area contributed by atoms with Crippen molar-refractivity contribution in [2.75, 3.05) is 26.2 Å². The molecule has 0 bridgehead atoms. The molecule has 6 heteroatoms. The number of hydrogen-bond donors (Lipinski definition) is 0. The highest BCUT2D eigenvalue weighted by atomic mass is 32.1. The summed E-state index contributed by atoms with van der Waals surface area (Å²) in [6.07, 6.45) is 10.2. The Bertz CT molecular complexity index is 520. The minimum atomic E-state index is -0.350. The van der Waals surface area contributed by atoms with Gasteiger partial charge in [0.25, 0.3) is 0 Å². The van der Waals surface area contributed by atoms with E-state index in [1.807, 2.05) is 6.08 Å². The Morgan fingerprint density at radius 1 is 1.24 bits per heavy atom. The van der Waals surface area contributed by atoms with Gasteiger partial charge in [-0.1, -0.05) is 12.5 Å². The maximum Gasteiger partial charge on any atom is 0.243 e. The second-order valence-electron chi connectivity index (χ2n) is 5.64. The molecule has 1 amide bonds. The molecule has 1 fully saturated rings. The monoisotopic (exact) mass is 304 g/mol. The summed E-state index contributed by atoms with van der Waals surface area (Å²) in [6, 6.07) is 0. The molecule has 0 radical (unpaired) electrons.